The van der Waals surface area contributed by atoms with Gasteiger partial charge in [0.05, 0.1) is 29.2 Å². The van der Waals surface area contributed by atoms with E-state index in [-0.39, 0.29) is 34.5 Å². The number of pyridine rings is 2. The Bertz CT molecular complexity index is 999. The van der Waals surface area contributed by atoms with E-state index in [1.807, 2.05) is 0 Å². The van der Waals surface area contributed by atoms with Gasteiger partial charge in [0.2, 0.25) is 0 Å². The van der Waals surface area contributed by atoms with E-state index in [0.717, 1.165) is 25.3 Å². The third-order valence-electron chi connectivity index (χ3n) is 5.38. The van der Waals surface area contributed by atoms with Gasteiger partial charge in [-0.2, -0.15) is 0 Å². The van der Waals surface area contributed by atoms with Crippen molar-refractivity contribution in [3.8, 4) is 0 Å². The fraction of sp³-hybridized carbons (Fsp3) is 0.400. The van der Waals surface area contributed by atoms with Gasteiger partial charge < -0.3 is 26.8 Å². The average molecular weight is 434 g/mol. The third kappa shape index (κ3) is 5.16. The van der Waals surface area contributed by atoms with Gasteiger partial charge in [0, 0.05) is 12.1 Å². The van der Waals surface area contributed by atoms with Crippen molar-refractivity contribution in [1.82, 2.24) is 15.3 Å². The summed E-state index contributed by atoms with van der Waals surface area (Å²) in [6.45, 7) is 3.18. The first-order valence-corrected chi connectivity index (χ1v) is 9.81. The van der Waals surface area contributed by atoms with Crippen molar-refractivity contribution in [3.05, 3.63) is 41.2 Å². The molecular weight excluding hydrogens is 410 g/mol. The lowest BCUT2D eigenvalue weighted by atomic mass is 9.77. The van der Waals surface area contributed by atoms with Gasteiger partial charge in [-0.15, -0.1) is 0 Å². The van der Waals surface area contributed by atoms with Gasteiger partial charge in [0.25, 0.3) is 5.91 Å². The minimum absolute atomic E-state index is 0.0762. The number of aromatic nitrogens is 2. The van der Waals surface area contributed by atoms with Gasteiger partial charge in [-0.3, -0.25) is 9.78 Å². The largest absolute Gasteiger partial charge is 0.465 e. The van der Waals surface area contributed by atoms with Crippen LogP contribution in [0, 0.1) is 24.5 Å². The molecule has 0 spiro atoms. The zero-order valence-electron chi connectivity index (χ0n) is 17.1. The first kappa shape index (κ1) is 22.2. The maximum Gasteiger partial charge on any atom is 0.404 e. The smallest absolute Gasteiger partial charge is 0.404 e. The van der Waals surface area contributed by atoms with Crippen molar-refractivity contribution in [2.45, 2.75) is 45.2 Å². The second kappa shape index (κ2) is 9.11. The van der Waals surface area contributed by atoms with Crippen molar-refractivity contribution >= 4 is 29.3 Å². The Morgan fingerprint density at radius 1 is 1.23 bits per heavy atom. The summed E-state index contributed by atoms with van der Waals surface area (Å²) in [5.41, 5.74) is 5.53. The molecular formula is C20H24F2N6O3. The van der Waals surface area contributed by atoms with E-state index in [9.17, 15) is 18.4 Å². The highest BCUT2D eigenvalue weighted by Gasteiger charge is 2.33. The molecule has 1 aliphatic rings. The summed E-state index contributed by atoms with van der Waals surface area (Å²) < 4.78 is 28.6. The maximum absolute atomic E-state index is 14.7. The van der Waals surface area contributed by atoms with Crippen molar-refractivity contribution < 1.29 is 23.5 Å². The highest BCUT2D eigenvalue weighted by Crippen LogP contribution is 2.33. The summed E-state index contributed by atoms with van der Waals surface area (Å²) in [7, 11) is 0. The quantitative estimate of drug-likeness (QED) is 0.430. The van der Waals surface area contributed by atoms with Gasteiger partial charge >= 0.3 is 6.09 Å². The number of carbonyl (C=O) groups is 2. The Morgan fingerprint density at radius 2 is 1.94 bits per heavy atom. The lowest BCUT2D eigenvalue weighted by Gasteiger charge is -2.38. The topological polar surface area (TPSA) is 142 Å². The number of hydrogen-bond acceptors (Lipinski definition) is 6. The molecule has 0 bridgehead atoms. The van der Waals surface area contributed by atoms with Gasteiger partial charge in [-0.25, -0.2) is 18.6 Å². The number of nitrogens with zero attached hydrogens (tertiary/aromatic N) is 2. The highest BCUT2D eigenvalue weighted by molar-refractivity contribution is 5.98. The first-order chi connectivity index (χ1) is 14.7. The van der Waals surface area contributed by atoms with Crippen molar-refractivity contribution in [3.63, 3.8) is 0 Å². The number of amides is 2. The fourth-order valence-corrected chi connectivity index (χ4v) is 3.48. The van der Waals surface area contributed by atoms with Crippen LogP contribution in [-0.2, 0) is 0 Å². The molecule has 1 fully saturated rings. The number of nitrogens with one attached hydrogen (secondary N) is 3. The maximum atomic E-state index is 14.7. The van der Waals surface area contributed by atoms with Crippen LogP contribution in [0.3, 0.4) is 0 Å². The Kier molecular flexibility index (Phi) is 6.52. The normalized spacial score (nSPS) is 15.5. The molecule has 0 radical (unpaired) electrons. The van der Waals surface area contributed by atoms with Crippen LogP contribution in [0.1, 0.15) is 42.2 Å². The molecule has 0 aliphatic heterocycles. The molecule has 1 aliphatic carbocycles. The SMILES string of the molecule is Cc1ncc(Nc2nc(N[C@@H](C3CCC3)[C@H](C)NC(=O)O)c(F)cc2C(N)=O)cc1F. The third-order valence-corrected chi connectivity index (χ3v) is 5.38. The van der Waals surface area contributed by atoms with Crippen LogP contribution in [0.15, 0.2) is 18.3 Å². The van der Waals surface area contributed by atoms with Crippen LogP contribution in [0.5, 0.6) is 0 Å². The second-order valence-corrected chi connectivity index (χ2v) is 7.59. The van der Waals surface area contributed by atoms with E-state index in [1.54, 1.807) is 6.92 Å². The monoisotopic (exact) mass is 434 g/mol. The first-order valence-electron chi connectivity index (χ1n) is 9.81. The van der Waals surface area contributed by atoms with Gasteiger partial charge in [-0.05, 0) is 38.7 Å². The number of carboxylic acid groups (broad SMARTS) is 1. The van der Waals surface area contributed by atoms with E-state index in [0.29, 0.717) is 0 Å². The summed E-state index contributed by atoms with van der Waals surface area (Å²) in [6, 6.07) is 1.16. The predicted octanol–water partition coefficient (Wildman–Crippen LogP) is 3.14. The number of carbonyl (C=O) groups excluding carboxylic acids is 1. The molecule has 2 aromatic rings. The number of anilines is 3. The molecule has 0 unspecified atom stereocenters. The molecule has 166 valence electrons. The van der Waals surface area contributed by atoms with Crippen LogP contribution >= 0.6 is 0 Å². The molecule has 11 heteroatoms. The van der Waals surface area contributed by atoms with Gasteiger partial charge in [-0.1, -0.05) is 6.42 Å². The van der Waals surface area contributed by atoms with Crippen LogP contribution in [0.4, 0.5) is 30.9 Å². The zero-order valence-corrected chi connectivity index (χ0v) is 17.1. The van der Waals surface area contributed by atoms with E-state index >= 15 is 0 Å². The molecule has 9 nitrogen and oxygen atoms in total. The predicted molar refractivity (Wildman–Crippen MR) is 110 cm³/mol. The number of aryl methyl sites for hydroxylation is 1. The summed E-state index contributed by atoms with van der Waals surface area (Å²) in [5.74, 6) is -2.43. The van der Waals surface area contributed by atoms with Crippen LogP contribution < -0.4 is 21.7 Å². The lowest BCUT2D eigenvalue weighted by molar-refractivity contribution is 0.1000. The zero-order chi connectivity index (χ0) is 22.7. The Balaban J connectivity index is 1.93. The minimum Gasteiger partial charge on any atom is -0.465 e. The molecule has 2 amide bonds. The molecule has 2 atom stereocenters. The highest BCUT2D eigenvalue weighted by atomic mass is 19.1. The molecule has 1 saturated carbocycles. The van der Waals surface area contributed by atoms with E-state index in [4.69, 9.17) is 10.8 Å². The second-order valence-electron chi connectivity index (χ2n) is 7.59. The number of halogens is 2. The summed E-state index contributed by atoms with van der Waals surface area (Å²) in [4.78, 5) is 30.9. The molecule has 6 N–H and O–H groups in total. The van der Waals surface area contributed by atoms with Gasteiger partial charge in [0.15, 0.2) is 11.6 Å². The van der Waals surface area contributed by atoms with Crippen molar-refractivity contribution in [1.29, 1.82) is 0 Å². The number of primary amides is 1. The number of rotatable bonds is 8. The minimum atomic E-state index is -1.19. The average Bonchev–Trinajstić information content (AvgIpc) is 2.64. The van der Waals surface area contributed by atoms with Crippen molar-refractivity contribution in [2.75, 3.05) is 10.6 Å². The van der Waals surface area contributed by atoms with E-state index in [1.165, 1.54) is 19.2 Å². The molecule has 2 aromatic heterocycles. The van der Waals surface area contributed by atoms with Crippen LogP contribution in [-0.4, -0.2) is 39.2 Å². The molecule has 2 heterocycles. The number of nitrogens with two attached hydrogens (primary N) is 1. The molecule has 3 rings (SSSR count). The Labute approximate surface area is 177 Å². The summed E-state index contributed by atoms with van der Waals surface area (Å²) >= 11 is 0. The molecule has 0 aromatic carbocycles. The molecule has 0 saturated heterocycles. The van der Waals surface area contributed by atoms with E-state index < -0.39 is 35.7 Å². The molecule has 31 heavy (non-hydrogen) atoms. The summed E-state index contributed by atoms with van der Waals surface area (Å²) in [6.07, 6.45) is 2.88. The van der Waals surface area contributed by atoms with Crippen LogP contribution in [0.25, 0.3) is 0 Å². The summed E-state index contributed by atoms with van der Waals surface area (Å²) in [5, 5.41) is 17.2. The van der Waals surface area contributed by atoms with Gasteiger partial charge in [0.1, 0.15) is 11.6 Å². The standard InChI is InChI=1S/C20H24F2N6O3/c1-9-14(21)6-12(8-24-9)26-18-13(17(23)29)7-15(22)19(28-18)27-16(11-4-3-5-11)10(2)25-20(30)31/h6-8,10-11,16,25H,3-5H2,1-2H3,(H2,23,29)(H,30,31)(H2,26,27,28)/t10-,16+/m0/s1. The lowest BCUT2D eigenvalue weighted by Crippen LogP contribution is -2.50. The van der Waals surface area contributed by atoms with E-state index in [2.05, 4.69) is 25.9 Å². The Hall–Kier alpha value is -3.50. The fourth-order valence-electron chi connectivity index (χ4n) is 3.48. The van der Waals surface area contributed by atoms with Crippen LogP contribution in [0.2, 0.25) is 0 Å². The Morgan fingerprint density at radius 3 is 2.48 bits per heavy atom. The number of hydrogen-bond donors (Lipinski definition) is 5. The van der Waals surface area contributed by atoms with Crippen molar-refractivity contribution in [2.24, 2.45) is 11.7 Å².